The molecule has 0 aromatic carbocycles. The van der Waals surface area contributed by atoms with Gasteiger partial charge in [0.2, 0.25) is 11.0 Å². The highest BCUT2D eigenvalue weighted by molar-refractivity contribution is 7.91. The summed E-state index contributed by atoms with van der Waals surface area (Å²) in [7, 11) is -1.17. The van der Waals surface area contributed by atoms with E-state index in [2.05, 4.69) is 15.5 Å². The van der Waals surface area contributed by atoms with Crippen LogP contribution in [0.4, 0.5) is 5.13 Å². The topological polar surface area (TPSA) is 92.3 Å². The molecule has 7 nitrogen and oxygen atoms in total. The molecule has 1 aliphatic rings. The Morgan fingerprint density at radius 3 is 2.79 bits per heavy atom. The Balaban J connectivity index is 1.85. The van der Waals surface area contributed by atoms with E-state index in [-0.39, 0.29) is 30.0 Å². The summed E-state index contributed by atoms with van der Waals surface area (Å²) in [6.45, 7) is 1.96. The molecular formula is C10H16N4O3S2. The molecule has 1 aromatic heterocycles. The largest absolute Gasteiger partial charge is 0.299 e. The molecule has 1 aliphatic heterocycles. The van der Waals surface area contributed by atoms with Crippen LogP contribution in [0.2, 0.25) is 0 Å². The Morgan fingerprint density at radius 2 is 2.26 bits per heavy atom. The van der Waals surface area contributed by atoms with Crippen LogP contribution in [0.5, 0.6) is 0 Å². The first kappa shape index (κ1) is 14.4. The summed E-state index contributed by atoms with van der Waals surface area (Å²) in [5.41, 5.74) is 0. The van der Waals surface area contributed by atoms with Crippen molar-refractivity contribution in [1.29, 1.82) is 0 Å². The Kier molecular flexibility index (Phi) is 4.16. The SMILES string of the molecule is Cc1nnc(NC(=O)CN(C)C2CCS(=O)(=O)C2)s1. The van der Waals surface area contributed by atoms with Crippen LogP contribution in [-0.2, 0) is 14.6 Å². The molecule has 19 heavy (non-hydrogen) atoms. The molecule has 1 saturated heterocycles. The first-order valence-corrected chi connectivity index (χ1v) is 8.50. The van der Waals surface area contributed by atoms with Gasteiger partial charge in [-0.15, -0.1) is 10.2 Å². The zero-order valence-electron chi connectivity index (χ0n) is 10.8. The molecule has 2 rings (SSSR count). The van der Waals surface area contributed by atoms with Gasteiger partial charge in [-0.3, -0.25) is 15.0 Å². The number of amides is 1. The van der Waals surface area contributed by atoms with Crippen molar-refractivity contribution >= 4 is 32.2 Å². The van der Waals surface area contributed by atoms with E-state index in [0.29, 0.717) is 11.6 Å². The van der Waals surface area contributed by atoms with Crippen molar-refractivity contribution < 1.29 is 13.2 Å². The fraction of sp³-hybridized carbons (Fsp3) is 0.700. The number of sulfone groups is 1. The molecule has 0 spiro atoms. The van der Waals surface area contributed by atoms with Crippen molar-refractivity contribution in [3.8, 4) is 0 Å². The Morgan fingerprint density at radius 1 is 1.53 bits per heavy atom. The number of aromatic nitrogens is 2. The smallest absolute Gasteiger partial charge is 0.240 e. The molecule has 9 heteroatoms. The number of hydrogen-bond donors (Lipinski definition) is 1. The zero-order valence-corrected chi connectivity index (χ0v) is 12.4. The van der Waals surface area contributed by atoms with Gasteiger partial charge in [0.1, 0.15) is 5.01 Å². The number of hydrogen-bond acceptors (Lipinski definition) is 7. The maximum atomic E-state index is 11.8. The fourth-order valence-corrected chi connectivity index (χ4v) is 4.40. The van der Waals surface area contributed by atoms with Gasteiger partial charge in [0.05, 0.1) is 18.1 Å². The summed E-state index contributed by atoms with van der Waals surface area (Å²) in [6.07, 6.45) is 0.587. The molecule has 0 aliphatic carbocycles. The fourth-order valence-electron chi connectivity index (χ4n) is 1.98. The van der Waals surface area contributed by atoms with E-state index in [1.165, 1.54) is 11.3 Å². The first-order chi connectivity index (χ1) is 8.85. The predicted molar refractivity (Wildman–Crippen MR) is 73.0 cm³/mol. The predicted octanol–water partition coefficient (Wildman–Crippen LogP) is -0.0961. The highest BCUT2D eigenvalue weighted by atomic mass is 32.2. The van der Waals surface area contributed by atoms with Gasteiger partial charge in [0.15, 0.2) is 9.84 Å². The van der Waals surface area contributed by atoms with E-state index < -0.39 is 9.84 Å². The number of rotatable bonds is 4. The van der Waals surface area contributed by atoms with Crippen LogP contribution in [0.25, 0.3) is 0 Å². The molecule has 1 aromatic rings. The summed E-state index contributed by atoms with van der Waals surface area (Å²) in [5, 5.41) is 11.5. The van der Waals surface area contributed by atoms with E-state index in [1.54, 1.807) is 11.9 Å². The summed E-state index contributed by atoms with van der Waals surface area (Å²) in [6, 6.07) is -0.0769. The van der Waals surface area contributed by atoms with Gasteiger partial charge in [-0.1, -0.05) is 11.3 Å². The zero-order chi connectivity index (χ0) is 14.0. The maximum Gasteiger partial charge on any atom is 0.240 e. The minimum Gasteiger partial charge on any atom is -0.299 e. The Hall–Kier alpha value is -1.06. The van der Waals surface area contributed by atoms with Crippen LogP contribution < -0.4 is 5.32 Å². The number of nitrogens with zero attached hydrogens (tertiary/aromatic N) is 3. The third kappa shape index (κ3) is 3.95. The van der Waals surface area contributed by atoms with Crippen LogP contribution in [0.3, 0.4) is 0 Å². The first-order valence-electron chi connectivity index (χ1n) is 5.86. The van der Waals surface area contributed by atoms with E-state index in [9.17, 15) is 13.2 Å². The maximum absolute atomic E-state index is 11.8. The molecule has 0 radical (unpaired) electrons. The van der Waals surface area contributed by atoms with Crippen LogP contribution >= 0.6 is 11.3 Å². The van der Waals surface area contributed by atoms with Gasteiger partial charge in [0.25, 0.3) is 0 Å². The third-order valence-corrected chi connectivity index (χ3v) is 5.50. The highest BCUT2D eigenvalue weighted by Crippen LogP contribution is 2.17. The van der Waals surface area contributed by atoms with Gasteiger partial charge in [-0.05, 0) is 20.4 Å². The van der Waals surface area contributed by atoms with E-state index in [0.717, 1.165) is 5.01 Å². The number of aryl methyl sites for hydroxylation is 1. The molecule has 0 saturated carbocycles. The van der Waals surface area contributed by atoms with E-state index in [1.807, 2.05) is 6.92 Å². The van der Waals surface area contributed by atoms with Crippen LogP contribution in [-0.4, -0.2) is 60.6 Å². The lowest BCUT2D eigenvalue weighted by Gasteiger charge is -2.21. The summed E-state index contributed by atoms with van der Waals surface area (Å²) in [4.78, 5) is 13.6. The summed E-state index contributed by atoms with van der Waals surface area (Å²) < 4.78 is 22.8. The van der Waals surface area contributed by atoms with Crippen molar-refractivity contribution in [2.75, 3.05) is 30.4 Å². The molecule has 0 bridgehead atoms. The number of likely N-dealkylation sites (N-methyl/N-ethyl adjacent to an activating group) is 1. The average molecular weight is 304 g/mol. The van der Waals surface area contributed by atoms with Gasteiger partial charge in [0, 0.05) is 6.04 Å². The average Bonchev–Trinajstić information content (AvgIpc) is 2.84. The second kappa shape index (κ2) is 5.51. The molecule has 106 valence electrons. The van der Waals surface area contributed by atoms with Crippen molar-refractivity contribution in [2.45, 2.75) is 19.4 Å². The van der Waals surface area contributed by atoms with Crippen LogP contribution in [0.1, 0.15) is 11.4 Å². The molecule has 1 N–H and O–H groups in total. The van der Waals surface area contributed by atoms with Crippen molar-refractivity contribution in [3.63, 3.8) is 0 Å². The second-order valence-corrected chi connectivity index (χ2v) is 8.06. The molecule has 1 unspecified atom stereocenters. The minimum absolute atomic E-state index is 0.0769. The molecule has 1 atom stereocenters. The van der Waals surface area contributed by atoms with Gasteiger partial charge in [-0.2, -0.15) is 0 Å². The number of carbonyl (C=O) groups is 1. The van der Waals surface area contributed by atoms with E-state index >= 15 is 0 Å². The minimum atomic E-state index is -2.93. The molecular weight excluding hydrogens is 288 g/mol. The van der Waals surface area contributed by atoms with Gasteiger partial charge < -0.3 is 0 Å². The Labute approximate surface area is 115 Å². The molecule has 1 amide bonds. The second-order valence-electron chi connectivity index (χ2n) is 4.65. The standard InChI is InChI=1S/C10H16N4O3S2/c1-7-12-13-10(18-7)11-9(15)5-14(2)8-3-4-19(16,17)6-8/h8H,3-6H2,1-2H3,(H,11,13,15). The quantitative estimate of drug-likeness (QED) is 0.835. The summed E-state index contributed by atoms with van der Waals surface area (Å²) in [5.74, 6) is 0.136. The van der Waals surface area contributed by atoms with Crippen LogP contribution in [0.15, 0.2) is 0 Å². The monoisotopic (exact) mass is 304 g/mol. The van der Waals surface area contributed by atoms with Crippen molar-refractivity contribution in [1.82, 2.24) is 15.1 Å². The third-order valence-electron chi connectivity index (χ3n) is 3.00. The lowest BCUT2D eigenvalue weighted by atomic mass is 10.2. The van der Waals surface area contributed by atoms with Crippen molar-refractivity contribution in [2.24, 2.45) is 0 Å². The van der Waals surface area contributed by atoms with Crippen molar-refractivity contribution in [3.05, 3.63) is 5.01 Å². The Bertz CT molecular complexity index is 569. The lowest BCUT2D eigenvalue weighted by molar-refractivity contribution is -0.117. The van der Waals surface area contributed by atoms with E-state index in [4.69, 9.17) is 0 Å². The molecule has 1 fully saturated rings. The normalized spacial score (nSPS) is 21.7. The van der Waals surface area contributed by atoms with Gasteiger partial charge >= 0.3 is 0 Å². The van der Waals surface area contributed by atoms with Crippen LogP contribution in [0, 0.1) is 6.92 Å². The summed E-state index contributed by atoms with van der Waals surface area (Å²) >= 11 is 1.31. The number of carbonyl (C=O) groups excluding carboxylic acids is 1. The number of nitrogens with one attached hydrogen (secondary N) is 1. The highest BCUT2D eigenvalue weighted by Gasteiger charge is 2.31. The number of anilines is 1. The lowest BCUT2D eigenvalue weighted by Crippen LogP contribution is -2.38. The molecule has 2 heterocycles. The van der Waals surface area contributed by atoms with Gasteiger partial charge in [-0.25, -0.2) is 8.42 Å².